The quantitative estimate of drug-likeness (QED) is 0.660. The van der Waals surface area contributed by atoms with Gasteiger partial charge in [-0.2, -0.15) is 0 Å². The van der Waals surface area contributed by atoms with E-state index in [1.807, 2.05) is 0 Å². The van der Waals surface area contributed by atoms with Crippen molar-refractivity contribution in [3.8, 4) is 0 Å². The van der Waals surface area contributed by atoms with Crippen molar-refractivity contribution in [2.75, 3.05) is 5.32 Å². The van der Waals surface area contributed by atoms with Crippen molar-refractivity contribution < 1.29 is 9.31 Å². The number of halogens is 1. The number of hydrogen-bond donors (Lipinski definition) is 1. The lowest BCUT2D eigenvalue weighted by molar-refractivity contribution is -0.385. The highest BCUT2D eigenvalue weighted by atomic mass is 19.1. The zero-order chi connectivity index (χ0) is 13.3. The van der Waals surface area contributed by atoms with Gasteiger partial charge in [0.15, 0.2) is 0 Å². The number of anilines is 1. The van der Waals surface area contributed by atoms with Crippen LogP contribution in [0.15, 0.2) is 18.2 Å². The SMILES string of the molecule is CC1CCC(Nc2cc(F)cc([N+](=O)[O-])c2)C1C. The molecule has 1 aromatic rings. The molecule has 18 heavy (non-hydrogen) atoms. The molecule has 0 spiro atoms. The van der Waals surface area contributed by atoms with Crippen LogP contribution in [0.3, 0.4) is 0 Å². The largest absolute Gasteiger partial charge is 0.382 e. The lowest BCUT2D eigenvalue weighted by Crippen LogP contribution is -2.24. The van der Waals surface area contributed by atoms with Crippen molar-refractivity contribution in [2.24, 2.45) is 11.8 Å². The Bertz CT molecular complexity index is 464. The molecule has 1 N–H and O–H groups in total. The van der Waals surface area contributed by atoms with Crippen molar-refractivity contribution in [3.05, 3.63) is 34.1 Å². The summed E-state index contributed by atoms with van der Waals surface area (Å²) in [5.74, 6) is 0.545. The molecule has 3 atom stereocenters. The fraction of sp³-hybridized carbons (Fsp3) is 0.538. The molecule has 3 unspecified atom stereocenters. The first-order valence-corrected chi connectivity index (χ1v) is 6.19. The highest BCUT2D eigenvalue weighted by molar-refractivity contribution is 5.52. The summed E-state index contributed by atoms with van der Waals surface area (Å²) < 4.78 is 13.3. The Morgan fingerprint density at radius 3 is 2.61 bits per heavy atom. The van der Waals surface area contributed by atoms with E-state index in [-0.39, 0.29) is 11.7 Å². The number of nitrogens with zero attached hydrogens (tertiary/aromatic N) is 1. The van der Waals surface area contributed by atoms with E-state index in [2.05, 4.69) is 19.2 Å². The monoisotopic (exact) mass is 252 g/mol. The van der Waals surface area contributed by atoms with Gasteiger partial charge in [-0.25, -0.2) is 4.39 Å². The molecule has 98 valence electrons. The summed E-state index contributed by atoms with van der Waals surface area (Å²) in [6.07, 6.45) is 2.16. The van der Waals surface area contributed by atoms with E-state index in [9.17, 15) is 14.5 Å². The van der Waals surface area contributed by atoms with Gasteiger partial charge in [-0.05, 0) is 30.7 Å². The van der Waals surface area contributed by atoms with Gasteiger partial charge >= 0.3 is 0 Å². The van der Waals surface area contributed by atoms with Gasteiger partial charge < -0.3 is 5.32 Å². The topological polar surface area (TPSA) is 55.2 Å². The summed E-state index contributed by atoms with van der Waals surface area (Å²) in [6.45, 7) is 4.35. The molecule has 1 saturated carbocycles. The second-order valence-electron chi connectivity index (χ2n) is 5.12. The average molecular weight is 252 g/mol. The van der Waals surface area contributed by atoms with E-state index in [0.29, 0.717) is 17.5 Å². The Balaban J connectivity index is 2.16. The molecule has 0 amide bonds. The van der Waals surface area contributed by atoms with Crippen LogP contribution in [0.25, 0.3) is 0 Å². The molecular formula is C13H17FN2O2. The van der Waals surface area contributed by atoms with Crippen LogP contribution in [0.2, 0.25) is 0 Å². The normalized spacial score (nSPS) is 27.2. The van der Waals surface area contributed by atoms with Crippen molar-refractivity contribution in [1.29, 1.82) is 0 Å². The van der Waals surface area contributed by atoms with E-state index < -0.39 is 10.7 Å². The summed E-state index contributed by atoms with van der Waals surface area (Å²) in [4.78, 5) is 10.1. The van der Waals surface area contributed by atoms with Gasteiger partial charge in [0.2, 0.25) is 0 Å². The van der Waals surface area contributed by atoms with Crippen LogP contribution in [0.5, 0.6) is 0 Å². The van der Waals surface area contributed by atoms with Crippen LogP contribution in [0.4, 0.5) is 15.8 Å². The van der Waals surface area contributed by atoms with Gasteiger partial charge in [0.25, 0.3) is 5.69 Å². The van der Waals surface area contributed by atoms with Crippen molar-refractivity contribution in [3.63, 3.8) is 0 Å². The molecule has 0 heterocycles. The second-order valence-corrected chi connectivity index (χ2v) is 5.12. The van der Waals surface area contributed by atoms with Crippen LogP contribution in [-0.4, -0.2) is 11.0 Å². The smallest absolute Gasteiger partial charge is 0.274 e. The Kier molecular flexibility index (Phi) is 3.50. The molecule has 2 rings (SSSR count). The van der Waals surface area contributed by atoms with Crippen molar-refractivity contribution in [2.45, 2.75) is 32.7 Å². The predicted molar refractivity (Wildman–Crippen MR) is 68.0 cm³/mol. The van der Waals surface area contributed by atoms with Gasteiger partial charge in [-0.1, -0.05) is 13.8 Å². The molecular weight excluding hydrogens is 235 g/mol. The summed E-state index contributed by atoms with van der Waals surface area (Å²) >= 11 is 0. The second kappa shape index (κ2) is 4.92. The molecule has 5 heteroatoms. The maximum Gasteiger partial charge on any atom is 0.274 e. The zero-order valence-electron chi connectivity index (χ0n) is 10.5. The van der Waals surface area contributed by atoms with Crippen LogP contribution >= 0.6 is 0 Å². The first-order chi connectivity index (χ1) is 8.47. The fourth-order valence-electron chi connectivity index (χ4n) is 2.55. The number of nitro benzene ring substituents is 1. The minimum absolute atomic E-state index is 0.212. The predicted octanol–water partition coefficient (Wildman–Crippen LogP) is 3.58. The van der Waals surface area contributed by atoms with Gasteiger partial charge in [0.05, 0.1) is 11.0 Å². The van der Waals surface area contributed by atoms with E-state index >= 15 is 0 Å². The number of hydrogen-bond acceptors (Lipinski definition) is 3. The third-order valence-corrected chi connectivity index (χ3v) is 3.91. The number of non-ortho nitro benzene ring substituents is 1. The third kappa shape index (κ3) is 2.60. The first kappa shape index (κ1) is 12.8. The molecule has 0 bridgehead atoms. The van der Waals surface area contributed by atoms with Gasteiger partial charge in [-0.15, -0.1) is 0 Å². The summed E-state index contributed by atoms with van der Waals surface area (Å²) in [5.41, 5.74) is 0.281. The Morgan fingerprint density at radius 1 is 1.33 bits per heavy atom. The molecule has 0 saturated heterocycles. The van der Waals surface area contributed by atoms with Crippen LogP contribution in [0, 0.1) is 27.8 Å². The van der Waals surface area contributed by atoms with Crippen LogP contribution in [0.1, 0.15) is 26.7 Å². The molecule has 4 nitrogen and oxygen atoms in total. The lowest BCUT2D eigenvalue weighted by Gasteiger charge is -2.20. The van der Waals surface area contributed by atoms with E-state index in [1.165, 1.54) is 12.1 Å². The number of benzene rings is 1. The van der Waals surface area contributed by atoms with Gasteiger partial charge in [0, 0.05) is 17.8 Å². The standard InChI is InChI=1S/C13H17FN2O2/c1-8-3-4-13(9(8)2)15-11-5-10(14)6-12(7-11)16(17)18/h5-9,13,15H,3-4H2,1-2H3. The molecule has 0 aliphatic heterocycles. The number of nitrogens with one attached hydrogen (secondary N) is 1. The summed E-state index contributed by atoms with van der Waals surface area (Å²) in [5, 5.41) is 13.9. The minimum Gasteiger partial charge on any atom is -0.382 e. The molecule has 0 aromatic heterocycles. The van der Waals surface area contributed by atoms with Crippen molar-refractivity contribution >= 4 is 11.4 Å². The highest BCUT2D eigenvalue weighted by Gasteiger charge is 2.29. The molecule has 1 fully saturated rings. The van der Waals surface area contributed by atoms with E-state index in [0.717, 1.165) is 18.9 Å². The molecule has 1 aliphatic rings. The zero-order valence-corrected chi connectivity index (χ0v) is 10.5. The average Bonchev–Trinajstić information content (AvgIpc) is 2.60. The summed E-state index contributed by atoms with van der Waals surface area (Å²) in [7, 11) is 0. The molecule has 1 aliphatic carbocycles. The molecule has 1 aromatic carbocycles. The summed E-state index contributed by atoms with van der Waals surface area (Å²) in [6, 6.07) is 3.90. The van der Waals surface area contributed by atoms with E-state index in [4.69, 9.17) is 0 Å². The number of rotatable bonds is 3. The Hall–Kier alpha value is -1.65. The van der Waals surface area contributed by atoms with Gasteiger partial charge in [-0.3, -0.25) is 10.1 Å². The molecule has 0 radical (unpaired) electrons. The van der Waals surface area contributed by atoms with Crippen molar-refractivity contribution in [1.82, 2.24) is 0 Å². The first-order valence-electron chi connectivity index (χ1n) is 6.19. The maximum absolute atomic E-state index is 13.3. The Labute approximate surface area is 105 Å². The van der Waals surface area contributed by atoms with Crippen LogP contribution < -0.4 is 5.32 Å². The Morgan fingerprint density at radius 2 is 2.06 bits per heavy atom. The minimum atomic E-state index is -0.578. The fourth-order valence-corrected chi connectivity index (χ4v) is 2.55. The third-order valence-electron chi connectivity index (χ3n) is 3.91. The lowest BCUT2D eigenvalue weighted by atomic mass is 9.97. The van der Waals surface area contributed by atoms with E-state index in [1.54, 1.807) is 0 Å². The maximum atomic E-state index is 13.3. The van der Waals surface area contributed by atoms with Crippen LogP contribution in [-0.2, 0) is 0 Å². The van der Waals surface area contributed by atoms with Gasteiger partial charge in [0.1, 0.15) is 5.82 Å². The highest BCUT2D eigenvalue weighted by Crippen LogP contribution is 2.33. The number of nitro groups is 1.